The van der Waals surface area contributed by atoms with E-state index in [-0.39, 0.29) is 48.3 Å². The third-order valence-electron chi connectivity index (χ3n) is 4.38. The molecule has 2 heterocycles. The normalized spacial score (nSPS) is 21.8. The molecule has 1 unspecified atom stereocenters. The van der Waals surface area contributed by atoms with Crippen LogP contribution in [-0.2, 0) is 9.59 Å². The van der Waals surface area contributed by atoms with E-state index in [9.17, 15) is 9.59 Å². The standard InChI is InChI=1S/C15H27N5O2.HI/c1-17-15(18-10-14(22)19-6-2-3-7-19)20-8-4-5-12(11-20)9-13(16)21;/h12H,2-11H2,1H3,(H2,16,21)(H,17,18);1H. The molecule has 0 bridgehead atoms. The van der Waals surface area contributed by atoms with E-state index in [2.05, 4.69) is 15.2 Å². The molecule has 0 saturated carbocycles. The third kappa shape index (κ3) is 6.15. The lowest BCUT2D eigenvalue weighted by Gasteiger charge is -2.34. The van der Waals surface area contributed by atoms with Gasteiger partial charge >= 0.3 is 0 Å². The van der Waals surface area contributed by atoms with E-state index in [1.165, 1.54) is 0 Å². The fourth-order valence-electron chi connectivity index (χ4n) is 3.27. The van der Waals surface area contributed by atoms with Gasteiger partial charge in [-0.3, -0.25) is 14.6 Å². The lowest BCUT2D eigenvalue weighted by molar-refractivity contribution is -0.128. The number of carbonyl (C=O) groups is 2. The molecule has 2 fully saturated rings. The number of hydrogen-bond donors (Lipinski definition) is 2. The Morgan fingerprint density at radius 1 is 1.17 bits per heavy atom. The van der Waals surface area contributed by atoms with Crippen LogP contribution < -0.4 is 11.1 Å². The summed E-state index contributed by atoms with van der Waals surface area (Å²) in [5.41, 5.74) is 5.29. The predicted octanol–water partition coefficient (Wildman–Crippen LogP) is 0.390. The first-order valence-corrected chi connectivity index (χ1v) is 8.12. The predicted molar refractivity (Wildman–Crippen MR) is 101 cm³/mol. The van der Waals surface area contributed by atoms with Crippen molar-refractivity contribution in [3.8, 4) is 0 Å². The van der Waals surface area contributed by atoms with E-state index in [4.69, 9.17) is 5.73 Å². The first kappa shape index (κ1) is 20.0. The highest BCUT2D eigenvalue weighted by atomic mass is 127. The van der Waals surface area contributed by atoms with Gasteiger partial charge in [0.1, 0.15) is 0 Å². The minimum Gasteiger partial charge on any atom is -0.370 e. The zero-order chi connectivity index (χ0) is 15.9. The van der Waals surface area contributed by atoms with Crippen LogP contribution in [0.4, 0.5) is 0 Å². The summed E-state index contributed by atoms with van der Waals surface area (Å²) in [4.78, 5) is 31.5. The summed E-state index contributed by atoms with van der Waals surface area (Å²) in [5.74, 6) is 0.893. The SMILES string of the molecule is CN=C(NCC(=O)N1CCCC1)N1CCCC(CC(N)=O)C1.I. The monoisotopic (exact) mass is 437 g/mol. The number of guanidine groups is 1. The number of primary amides is 1. The highest BCUT2D eigenvalue weighted by Crippen LogP contribution is 2.19. The van der Waals surface area contributed by atoms with Crippen molar-refractivity contribution in [2.75, 3.05) is 39.8 Å². The van der Waals surface area contributed by atoms with Gasteiger partial charge in [-0.2, -0.15) is 0 Å². The molecular weight excluding hydrogens is 409 g/mol. The Hall–Kier alpha value is -1.06. The molecule has 2 rings (SSSR count). The molecule has 23 heavy (non-hydrogen) atoms. The minimum atomic E-state index is -0.251. The lowest BCUT2D eigenvalue weighted by Crippen LogP contribution is -2.49. The quantitative estimate of drug-likeness (QED) is 0.378. The number of nitrogens with two attached hydrogens (primary N) is 1. The molecule has 2 aliphatic rings. The van der Waals surface area contributed by atoms with E-state index >= 15 is 0 Å². The van der Waals surface area contributed by atoms with Crippen LogP contribution in [0.15, 0.2) is 4.99 Å². The molecule has 2 amide bonds. The van der Waals surface area contributed by atoms with Crippen molar-refractivity contribution in [3.05, 3.63) is 0 Å². The van der Waals surface area contributed by atoms with Crippen LogP contribution in [0.25, 0.3) is 0 Å². The first-order valence-electron chi connectivity index (χ1n) is 8.12. The number of piperidine rings is 1. The van der Waals surface area contributed by atoms with Gasteiger partial charge < -0.3 is 20.9 Å². The van der Waals surface area contributed by atoms with Crippen LogP contribution in [0.2, 0.25) is 0 Å². The van der Waals surface area contributed by atoms with Gasteiger partial charge in [0.25, 0.3) is 0 Å². The van der Waals surface area contributed by atoms with E-state index in [1.54, 1.807) is 7.05 Å². The number of nitrogens with one attached hydrogen (secondary N) is 1. The largest absolute Gasteiger partial charge is 0.370 e. The fraction of sp³-hybridized carbons (Fsp3) is 0.800. The summed E-state index contributed by atoms with van der Waals surface area (Å²) in [5, 5.41) is 3.16. The van der Waals surface area contributed by atoms with Crippen LogP contribution in [0.3, 0.4) is 0 Å². The van der Waals surface area contributed by atoms with Gasteiger partial charge in [-0.1, -0.05) is 0 Å². The number of rotatable bonds is 4. The summed E-state index contributed by atoms with van der Waals surface area (Å²) in [6, 6.07) is 0. The molecule has 0 aromatic carbocycles. The number of likely N-dealkylation sites (tertiary alicyclic amines) is 2. The summed E-state index contributed by atoms with van der Waals surface area (Å²) in [6.45, 7) is 3.67. The van der Waals surface area contributed by atoms with Gasteiger partial charge in [-0.05, 0) is 31.6 Å². The number of halogens is 1. The van der Waals surface area contributed by atoms with Gasteiger partial charge in [0.05, 0.1) is 6.54 Å². The van der Waals surface area contributed by atoms with E-state index in [0.29, 0.717) is 6.42 Å². The number of carbonyl (C=O) groups excluding carboxylic acids is 2. The molecule has 0 spiro atoms. The van der Waals surface area contributed by atoms with Crippen molar-refractivity contribution < 1.29 is 9.59 Å². The minimum absolute atomic E-state index is 0. The van der Waals surface area contributed by atoms with Crippen molar-refractivity contribution in [1.82, 2.24) is 15.1 Å². The number of amides is 2. The Morgan fingerprint density at radius 3 is 2.43 bits per heavy atom. The second-order valence-electron chi connectivity index (χ2n) is 6.11. The number of nitrogens with zero attached hydrogens (tertiary/aromatic N) is 3. The van der Waals surface area contributed by atoms with Crippen LogP contribution in [-0.4, -0.2) is 67.3 Å². The van der Waals surface area contributed by atoms with Crippen LogP contribution in [0.5, 0.6) is 0 Å². The molecule has 0 aromatic heterocycles. The molecule has 2 aliphatic heterocycles. The van der Waals surface area contributed by atoms with Crippen molar-refractivity contribution in [2.45, 2.75) is 32.1 Å². The maximum atomic E-state index is 12.1. The summed E-state index contributed by atoms with van der Waals surface area (Å²) in [6.07, 6.45) is 4.64. The molecule has 8 heteroatoms. The molecule has 3 N–H and O–H groups in total. The highest BCUT2D eigenvalue weighted by molar-refractivity contribution is 14.0. The van der Waals surface area contributed by atoms with E-state index in [1.807, 2.05) is 4.90 Å². The van der Waals surface area contributed by atoms with Crippen LogP contribution >= 0.6 is 24.0 Å². The smallest absolute Gasteiger partial charge is 0.241 e. The Kier molecular flexibility index (Phi) is 8.64. The van der Waals surface area contributed by atoms with E-state index in [0.717, 1.165) is 57.8 Å². The molecule has 1 atom stereocenters. The summed E-state index contributed by atoms with van der Waals surface area (Å²) < 4.78 is 0. The molecule has 0 aromatic rings. The highest BCUT2D eigenvalue weighted by Gasteiger charge is 2.24. The second kappa shape index (κ2) is 9.94. The molecule has 0 radical (unpaired) electrons. The third-order valence-corrected chi connectivity index (χ3v) is 4.38. The van der Waals surface area contributed by atoms with Crippen LogP contribution in [0, 0.1) is 5.92 Å². The summed E-state index contributed by atoms with van der Waals surface area (Å²) >= 11 is 0. The molecular formula is C15H28IN5O2. The second-order valence-corrected chi connectivity index (χ2v) is 6.11. The number of aliphatic imine (C=N–C) groups is 1. The molecule has 132 valence electrons. The topological polar surface area (TPSA) is 91.0 Å². The van der Waals surface area contributed by atoms with Gasteiger partial charge in [0, 0.05) is 39.6 Å². The fourth-order valence-corrected chi connectivity index (χ4v) is 3.27. The maximum Gasteiger partial charge on any atom is 0.241 e. The zero-order valence-electron chi connectivity index (χ0n) is 13.8. The van der Waals surface area contributed by atoms with Crippen molar-refractivity contribution >= 4 is 41.8 Å². The van der Waals surface area contributed by atoms with Crippen molar-refractivity contribution in [1.29, 1.82) is 0 Å². The van der Waals surface area contributed by atoms with E-state index < -0.39 is 0 Å². The Labute approximate surface area is 155 Å². The molecule has 2 saturated heterocycles. The molecule has 0 aliphatic carbocycles. The van der Waals surface area contributed by atoms with Crippen LogP contribution in [0.1, 0.15) is 32.1 Å². The molecule has 7 nitrogen and oxygen atoms in total. The van der Waals surface area contributed by atoms with Gasteiger partial charge in [-0.15, -0.1) is 24.0 Å². The van der Waals surface area contributed by atoms with Crippen molar-refractivity contribution in [2.24, 2.45) is 16.6 Å². The Bertz CT molecular complexity index is 438. The van der Waals surface area contributed by atoms with Gasteiger partial charge in [-0.25, -0.2) is 0 Å². The Balaban J connectivity index is 0.00000264. The number of hydrogen-bond acceptors (Lipinski definition) is 3. The van der Waals surface area contributed by atoms with Gasteiger partial charge in [0.15, 0.2) is 5.96 Å². The van der Waals surface area contributed by atoms with Crippen molar-refractivity contribution in [3.63, 3.8) is 0 Å². The lowest BCUT2D eigenvalue weighted by atomic mass is 9.95. The summed E-state index contributed by atoms with van der Waals surface area (Å²) in [7, 11) is 1.72. The average molecular weight is 437 g/mol. The maximum absolute atomic E-state index is 12.1. The first-order chi connectivity index (χ1) is 10.6. The Morgan fingerprint density at radius 2 is 1.83 bits per heavy atom. The average Bonchev–Trinajstić information content (AvgIpc) is 3.01. The van der Waals surface area contributed by atoms with Gasteiger partial charge in [0.2, 0.25) is 11.8 Å². The zero-order valence-corrected chi connectivity index (χ0v) is 16.1.